The number of carbonyl (C=O) groups is 1. The lowest BCUT2D eigenvalue weighted by molar-refractivity contribution is -0.128. The van der Waals surface area contributed by atoms with Gasteiger partial charge in [0.15, 0.2) is 0 Å². The summed E-state index contributed by atoms with van der Waals surface area (Å²) in [6.07, 6.45) is 7.89. The zero-order valence-corrected chi connectivity index (χ0v) is 14.9. The molecule has 4 N–H and O–H groups in total. The molecule has 0 aromatic carbocycles. The van der Waals surface area contributed by atoms with Crippen LogP contribution in [0.2, 0.25) is 0 Å². The summed E-state index contributed by atoms with van der Waals surface area (Å²) in [5, 5.41) is 9.84. The fourth-order valence-corrected chi connectivity index (χ4v) is 3.07. The highest BCUT2D eigenvalue weighted by molar-refractivity contribution is 5.78. The van der Waals surface area contributed by atoms with Crippen LogP contribution in [-0.4, -0.2) is 49.8 Å². The molecule has 0 unspecified atom stereocenters. The Morgan fingerprint density at radius 1 is 1.42 bits per heavy atom. The maximum atomic E-state index is 12.5. The maximum Gasteiger partial charge on any atom is 0.223 e. The predicted molar refractivity (Wildman–Crippen MR) is 94.6 cm³/mol. The minimum absolute atomic E-state index is 0.000508. The Hall–Kier alpha value is -2.39. The first-order valence-electron chi connectivity index (χ1n) is 9.00. The normalized spacial score (nSPS) is 22.9. The fraction of sp³-hybridized carbons (Fsp3) is 0.588. The van der Waals surface area contributed by atoms with Gasteiger partial charge < -0.3 is 15.8 Å². The van der Waals surface area contributed by atoms with Gasteiger partial charge in [-0.15, -0.1) is 0 Å². The zero-order valence-electron chi connectivity index (χ0n) is 14.9. The molecule has 0 spiro atoms. The first-order chi connectivity index (χ1) is 12.7. The average molecular weight is 359 g/mol. The second kappa shape index (κ2) is 8.81. The molecule has 1 aliphatic carbocycles. The second-order valence-electron chi connectivity index (χ2n) is 6.50. The third-order valence-corrected chi connectivity index (χ3v) is 4.50. The van der Waals surface area contributed by atoms with Crippen molar-refractivity contribution in [2.45, 2.75) is 51.3 Å². The van der Waals surface area contributed by atoms with Crippen molar-refractivity contribution in [1.82, 2.24) is 30.5 Å². The number of ether oxygens (including phenoxy) is 1. The third-order valence-electron chi connectivity index (χ3n) is 4.50. The molecule has 2 heterocycles. The third kappa shape index (κ3) is 4.61. The van der Waals surface area contributed by atoms with E-state index in [1.54, 1.807) is 18.6 Å². The number of carbonyl (C=O) groups excluding carboxylic acids is 1. The van der Waals surface area contributed by atoms with Crippen molar-refractivity contribution in [3.8, 4) is 11.5 Å². The molecule has 2 aromatic rings. The van der Waals surface area contributed by atoms with E-state index in [2.05, 4.69) is 37.4 Å². The summed E-state index contributed by atoms with van der Waals surface area (Å²) in [4.78, 5) is 25.0. The molecule has 9 heteroatoms. The van der Waals surface area contributed by atoms with E-state index in [-0.39, 0.29) is 30.5 Å². The van der Waals surface area contributed by atoms with Crippen LogP contribution in [0.5, 0.6) is 0 Å². The number of nitrogens with two attached hydrogens (primary N) is 1. The Morgan fingerprint density at radius 3 is 3.08 bits per heavy atom. The number of hydrogen-bond acceptors (Lipinski definition) is 7. The Bertz CT molecular complexity index is 706. The first-order valence-corrected chi connectivity index (χ1v) is 9.00. The smallest absolute Gasteiger partial charge is 0.223 e. The van der Waals surface area contributed by atoms with Crippen molar-refractivity contribution in [3.63, 3.8) is 0 Å². The Kier molecular flexibility index (Phi) is 6.24. The van der Waals surface area contributed by atoms with Crippen LogP contribution in [0.3, 0.4) is 0 Å². The molecular weight excluding hydrogens is 334 g/mol. The summed E-state index contributed by atoms with van der Waals surface area (Å²) in [5.74, 6) is 0.947. The average Bonchev–Trinajstić information content (AvgIpc) is 3.15. The molecule has 3 rings (SSSR count). The number of H-pyrrole nitrogens is 1. The number of nitrogens with one attached hydrogen (secondary N) is 2. The molecule has 0 bridgehead atoms. The van der Waals surface area contributed by atoms with E-state index in [9.17, 15) is 4.79 Å². The van der Waals surface area contributed by atoms with E-state index in [1.165, 1.54) is 0 Å². The highest BCUT2D eigenvalue weighted by Crippen LogP contribution is 2.26. The van der Waals surface area contributed by atoms with Gasteiger partial charge in [-0.1, -0.05) is 6.92 Å². The number of nitrogens with zero attached hydrogens (tertiary/aromatic N) is 4. The topological polar surface area (TPSA) is 132 Å². The van der Waals surface area contributed by atoms with Gasteiger partial charge in [-0.25, -0.2) is 9.97 Å². The van der Waals surface area contributed by atoms with Gasteiger partial charge >= 0.3 is 0 Å². The molecule has 1 aliphatic rings. The Balaban J connectivity index is 1.52. The van der Waals surface area contributed by atoms with Crippen molar-refractivity contribution in [3.05, 3.63) is 24.4 Å². The van der Waals surface area contributed by atoms with Gasteiger partial charge in [0, 0.05) is 31.0 Å². The maximum absolute atomic E-state index is 12.5. The molecule has 1 saturated carbocycles. The summed E-state index contributed by atoms with van der Waals surface area (Å²) in [5.41, 5.74) is 6.70. The highest BCUT2D eigenvalue weighted by atomic mass is 16.5. The van der Waals surface area contributed by atoms with Gasteiger partial charge in [-0.3, -0.25) is 14.9 Å². The zero-order chi connectivity index (χ0) is 18.4. The summed E-state index contributed by atoms with van der Waals surface area (Å²) in [6, 6.07) is 0.00872. The van der Waals surface area contributed by atoms with Gasteiger partial charge in [-0.2, -0.15) is 5.10 Å². The molecular formula is C17H25N7O2. The van der Waals surface area contributed by atoms with Crippen LogP contribution < -0.4 is 11.1 Å². The molecule has 1 fully saturated rings. The molecule has 0 saturated heterocycles. The Morgan fingerprint density at radius 2 is 2.31 bits per heavy atom. The van der Waals surface area contributed by atoms with E-state index >= 15 is 0 Å². The standard InChI is InChI=1S/C17H25N7O2/c1-2-7-26-14-8-11(3-4-12(14)18)17(25)21-10-15-22-16(24-23-15)13-9-19-5-6-20-13/h5-6,9,11-12,14H,2-4,7-8,10,18H2,1H3,(H,21,25)(H,22,23,24)/t11-,12-,14-/m0/s1. The van der Waals surface area contributed by atoms with Crippen molar-refractivity contribution in [1.29, 1.82) is 0 Å². The minimum atomic E-state index is -0.0842. The number of rotatable bonds is 7. The first kappa shape index (κ1) is 18.4. The molecule has 1 amide bonds. The van der Waals surface area contributed by atoms with E-state index in [1.807, 2.05) is 0 Å². The van der Waals surface area contributed by atoms with Crippen LogP contribution in [0.1, 0.15) is 38.4 Å². The van der Waals surface area contributed by atoms with Crippen LogP contribution in [-0.2, 0) is 16.1 Å². The van der Waals surface area contributed by atoms with Gasteiger partial charge in [0.2, 0.25) is 11.7 Å². The van der Waals surface area contributed by atoms with Crippen LogP contribution >= 0.6 is 0 Å². The summed E-state index contributed by atoms with van der Waals surface area (Å²) in [7, 11) is 0. The monoisotopic (exact) mass is 359 g/mol. The molecule has 2 aromatic heterocycles. The van der Waals surface area contributed by atoms with E-state index in [0.717, 1.165) is 19.3 Å². The van der Waals surface area contributed by atoms with Crippen LogP contribution in [0.15, 0.2) is 18.6 Å². The Labute approximate surface area is 152 Å². The molecule has 0 radical (unpaired) electrons. The quantitative estimate of drug-likeness (QED) is 0.666. The fourth-order valence-electron chi connectivity index (χ4n) is 3.07. The van der Waals surface area contributed by atoms with Crippen molar-refractivity contribution in [2.75, 3.05) is 6.61 Å². The molecule has 3 atom stereocenters. The van der Waals surface area contributed by atoms with Crippen LogP contribution in [0, 0.1) is 5.92 Å². The summed E-state index contributed by atoms with van der Waals surface area (Å²) in [6.45, 7) is 3.02. The molecule has 0 aliphatic heterocycles. The largest absolute Gasteiger partial charge is 0.377 e. The van der Waals surface area contributed by atoms with Gasteiger partial charge in [0.25, 0.3) is 0 Å². The minimum Gasteiger partial charge on any atom is -0.377 e. The number of aromatic nitrogens is 5. The van der Waals surface area contributed by atoms with Crippen molar-refractivity contribution in [2.24, 2.45) is 11.7 Å². The molecule has 140 valence electrons. The van der Waals surface area contributed by atoms with Crippen molar-refractivity contribution >= 4 is 5.91 Å². The summed E-state index contributed by atoms with van der Waals surface area (Å²) >= 11 is 0. The number of hydrogen-bond donors (Lipinski definition) is 3. The number of amides is 1. The SMILES string of the molecule is CCCO[C@H]1C[C@@H](C(=O)NCc2nc(-c3cnccn3)n[nH]2)CC[C@@H]1N. The van der Waals surface area contributed by atoms with Crippen molar-refractivity contribution < 1.29 is 9.53 Å². The van der Waals surface area contributed by atoms with E-state index in [4.69, 9.17) is 10.5 Å². The van der Waals surface area contributed by atoms with E-state index < -0.39 is 0 Å². The van der Waals surface area contributed by atoms with Gasteiger partial charge in [0.1, 0.15) is 11.5 Å². The lowest BCUT2D eigenvalue weighted by atomic mass is 9.83. The molecule has 26 heavy (non-hydrogen) atoms. The van der Waals surface area contributed by atoms with E-state index in [0.29, 0.717) is 30.4 Å². The highest BCUT2D eigenvalue weighted by Gasteiger charge is 2.32. The lowest BCUT2D eigenvalue weighted by Gasteiger charge is -2.33. The van der Waals surface area contributed by atoms with Gasteiger partial charge in [-0.05, 0) is 25.7 Å². The lowest BCUT2D eigenvalue weighted by Crippen LogP contribution is -2.45. The van der Waals surface area contributed by atoms with Crippen LogP contribution in [0.25, 0.3) is 11.5 Å². The second-order valence-corrected chi connectivity index (χ2v) is 6.50. The predicted octanol–water partition coefficient (Wildman–Crippen LogP) is 0.801. The molecule has 9 nitrogen and oxygen atoms in total. The number of aromatic amines is 1. The summed E-state index contributed by atoms with van der Waals surface area (Å²) < 4.78 is 5.79. The van der Waals surface area contributed by atoms with Gasteiger partial charge in [0.05, 0.1) is 18.8 Å². The van der Waals surface area contributed by atoms with Crippen LogP contribution in [0.4, 0.5) is 0 Å².